The van der Waals surface area contributed by atoms with Crippen molar-refractivity contribution in [3.05, 3.63) is 36.4 Å². The normalized spacial score (nSPS) is 19.6. The SMILES string of the molecule is CCCCCCCCn1c2cc(B3OC(C)(C)C(C)(C)O3)ccc2c2c1c1ccc(B3OC(C)(C)C(C)(C)O3)cc1n2CCCCCCCC. The van der Waals surface area contributed by atoms with Crippen LogP contribution >= 0.6 is 0 Å². The molecule has 4 heterocycles. The molecule has 0 saturated carbocycles. The molecule has 50 heavy (non-hydrogen) atoms. The molecule has 0 aliphatic carbocycles. The molecule has 2 fully saturated rings. The second-order valence-electron chi connectivity index (χ2n) is 17.3. The second kappa shape index (κ2) is 14.6. The van der Waals surface area contributed by atoms with E-state index < -0.39 is 0 Å². The van der Waals surface area contributed by atoms with E-state index in [0.29, 0.717) is 0 Å². The summed E-state index contributed by atoms with van der Waals surface area (Å²) in [6.07, 6.45) is 15.3. The molecule has 2 aromatic carbocycles. The van der Waals surface area contributed by atoms with E-state index in [9.17, 15) is 0 Å². The zero-order chi connectivity index (χ0) is 35.9. The number of rotatable bonds is 16. The number of fused-ring (bicyclic) bond motifs is 5. The molecule has 2 aliphatic rings. The molecule has 2 aromatic heterocycles. The first-order valence-corrected chi connectivity index (χ1v) is 20.0. The maximum atomic E-state index is 6.55. The number of unbranched alkanes of at least 4 members (excludes halogenated alkanes) is 10. The average molecular weight is 683 g/mol. The van der Waals surface area contributed by atoms with Gasteiger partial charge in [-0.3, -0.25) is 0 Å². The van der Waals surface area contributed by atoms with E-state index >= 15 is 0 Å². The van der Waals surface area contributed by atoms with Crippen molar-refractivity contribution in [2.24, 2.45) is 0 Å². The van der Waals surface area contributed by atoms with Crippen LogP contribution < -0.4 is 10.9 Å². The first-order valence-electron chi connectivity index (χ1n) is 20.0. The number of hydrogen-bond acceptors (Lipinski definition) is 4. The summed E-state index contributed by atoms with van der Waals surface area (Å²) in [6, 6.07) is 13.9. The standard InChI is InChI=1S/C42H64B2N2O4/c1-11-13-15-17-19-21-27-45-35-29-31(43-47-39(3,4)40(5,6)48-43)23-25-33(35)38-37(45)34-26-24-32(44-49-41(7,8)42(9,10)50-44)30-36(34)46(38)28-22-20-18-16-14-12-2/h23-26,29-30H,11-22,27-28H2,1-10H3. The Morgan fingerprint density at radius 1 is 0.460 bits per heavy atom. The fraction of sp³-hybridized carbons (Fsp3) is 0.667. The van der Waals surface area contributed by atoms with Gasteiger partial charge in [0.2, 0.25) is 0 Å². The number of benzene rings is 2. The second-order valence-corrected chi connectivity index (χ2v) is 17.3. The first-order chi connectivity index (χ1) is 23.7. The van der Waals surface area contributed by atoms with Gasteiger partial charge in [0.1, 0.15) is 0 Å². The van der Waals surface area contributed by atoms with Gasteiger partial charge in [0.05, 0.1) is 44.5 Å². The van der Waals surface area contributed by atoms with Crippen LogP contribution in [0.4, 0.5) is 0 Å². The summed E-state index contributed by atoms with van der Waals surface area (Å²) < 4.78 is 31.4. The largest absolute Gasteiger partial charge is 0.494 e. The lowest BCUT2D eigenvalue weighted by atomic mass is 9.79. The predicted molar refractivity (Wildman–Crippen MR) is 213 cm³/mol. The van der Waals surface area contributed by atoms with E-state index in [1.165, 1.54) is 110 Å². The summed E-state index contributed by atoms with van der Waals surface area (Å²) in [7, 11) is -0.767. The number of hydrogen-bond donors (Lipinski definition) is 0. The maximum Gasteiger partial charge on any atom is 0.494 e. The molecular formula is C42H64B2N2O4. The third kappa shape index (κ3) is 7.08. The third-order valence-corrected chi connectivity index (χ3v) is 12.4. The van der Waals surface area contributed by atoms with Gasteiger partial charge in [0, 0.05) is 23.9 Å². The highest BCUT2D eigenvalue weighted by atomic mass is 16.7. The predicted octanol–water partition coefficient (Wildman–Crippen LogP) is 10.1. The topological polar surface area (TPSA) is 46.8 Å². The number of nitrogens with zero attached hydrogens (tertiary/aromatic N) is 2. The van der Waals surface area contributed by atoms with E-state index in [1.54, 1.807) is 0 Å². The Morgan fingerprint density at radius 3 is 1.12 bits per heavy atom. The molecule has 0 unspecified atom stereocenters. The molecule has 0 spiro atoms. The van der Waals surface area contributed by atoms with E-state index in [1.807, 2.05) is 0 Å². The molecule has 0 atom stereocenters. The van der Waals surface area contributed by atoms with Crippen molar-refractivity contribution in [1.82, 2.24) is 9.13 Å². The Hall–Kier alpha value is -2.25. The van der Waals surface area contributed by atoms with E-state index in [2.05, 4.69) is 115 Å². The summed E-state index contributed by atoms with van der Waals surface area (Å²) in [4.78, 5) is 0. The highest BCUT2D eigenvalue weighted by Crippen LogP contribution is 2.41. The lowest BCUT2D eigenvalue weighted by Crippen LogP contribution is -2.41. The molecule has 2 aliphatic heterocycles. The van der Waals surface area contributed by atoms with Gasteiger partial charge in [0.15, 0.2) is 0 Å². The van der Waals surface area contributed by atoms with Crippen LogP contribution in [0.5, 0.6) is 0 Å². The van der Waals surface area contributed by atoms with Crippen molar-refractivity contribution in [3.63, 3.8) is 0 Å². The van der Waals surface area contributed by atoms with Gasteiger partial charge in [-0.25, -0.2) is 0 Å². The van der Waals surface area contributed by atoms with Gasteiger partial charge >= 0.3 is 14.2 Å². The smallest absolute Gasteiger partial charge is 0.399 e. The minimum Gasteiger partial charge on any atom is -0.399 e. The van der Waals surface area contributed by atoms with Crippen molar-refractivity contribution >= 4 is 58.0 Å². The van der Waals surface area contributed by atoms with Gasteiger partial charge in [-0.15, -0.1) is 0 Å². The van der Waals surface area contributed by atoms with Gasteiger partial charge in [-0.2, -0.15) is 0 Å². The van der Waals surface area contributed by atoms with Crippen molar-refractivity contribution < 1.29 is 18.6 Å². The molecule has 0 radical (unpaired) electrons. The van der Waals surface area contributed by atoms with Crippen LogP contribution in [0.3, 0.4) is 0 Å². The van der Waals surface area contributed by atoms with Gasteiger partial charge in [-0.05, 0) is 91.3 Å². The van der Waals surface area contributed by atoms with Crippen LogP contribution in [0.25, 0.3) is 32.8 Å². The van der Waals surface area contributed by atoms with Crippen LogP contribution in [-0.4, -0.2) is 45.8 Å². The van der Waals surface area contributed by atoms with Crippen LogP contribution in [-0.2, 0) is 31.7 Å². The van der Waals surface area contributed by atoms with Crippen LogP contribution in [0.2, 0.25) is 0 Å². The van der Waals surface area contributed by atoms with E-state index in [-0.39, 0.29) is 36.6 Å². The molecule has 2 saturated heterocycles. The molecule has 0 amide bonds. The van der Waals surface area contributed by atoms with Crippen LogP contribution in [0, 0.1) is 0 Å². The Labute approximate surface area is 303 Å². The van der Waals surface area contributed by atoms with Crippen molar-refractivity contribution in [2.45, 2.75) is 182 Å². The first kappa shape index (κ1) is 37.5. The zero-order valence-electron chi connectivity index (χ0n) is 33.0. The summed E-state index contributed by atoms with van der Waals surface area (Å²) >= 11 is 0. The molecule has 0 bridgehead atoms. The zero-order valence-corrected chi connectivity index (χ0v) is 33.0. The fourth-order valence-corrected chi connectivity index (χ4v) is 7.80. The molecular weight excluding hydrogens is 618 g/mol. The van der Waals surface area contributed by atoms with Crippen molar-refractivity contribution in [2.75, 3.05) is 0 Å². The number of aryl methyl sites for hydroxylation is 2. The molecule has 6 rings (SSSR count). The molecule has 0 N–H and O–H groups in total. The third-order valence-electron chi connectivity index (χ3n) is 12.4. The molecule has 4 aromatic rings. The summed E-state index contributed by atoms with van der Waals surface area (Å²) in [6.45, 7) is 23.7. The highest BCUT2D eigenvalue weighted by molar-refractivity contribution is 6.63. The van der Waals surface area contributed by atoms with Crippen molar-refractivity contribution in [1.29, 1.82) is 0 Å². The van der Waals surface area contributed by atoms with E-state index in [0.717, 1.165) is 24.0 Å². The van der Waals surface area contributed by atoms with E-state index in [4.69, 9.17) is 18.6 Å². The maximum absolute atomic E-state index is 6.55. The Bertz CT molecular complexity index is 1620. The summed E-state index contributed by atoms with van der Waals surface area (Å²) in [5.41, 5.74) is 5.93. The Morgan fingerprint density at radius 2 is 0.780 bits per heavy atom. The highest BCUT2D eigenvalue weighted by Gasteiger charge is 2.53. The lowest BCUT2D eigenvalue weighted by Gasteiger charge is -2.32. The minimum absolute atomic E-state index is 0.378. The molecule has 6 nitrogen and oxygen atoms in total. The van der Waals surface area contributed by atoms with Crippen LogP contribution in [0.15, 0.2) is 36.4 Å². The van der Waals surface area contributed by atoms with Gasteiger partial charge < -0.3 is 27.8 Å². The van der Waals surface area contributed by atoms with Crippen LogP contribution in [0.1, 0.15) is 146 Å². The molecule has 8 heteroatoms. The fourth-order valence-electron chi connectivity index (χ4n) is 7.80. The Kier molecular flexibility index (Phi) is 11.0. The number of aromatic nitrogens is 2. The molecule has 272 valence electrons. The minimum atomic E-state index is -0.384. The lowest BCUT2D eigenvalue weighted by molar-refractivity contribution is 0.00578. The van der Waals surface area contributed by atoms with Gasteiger partial charge in [0.25, 0.3) is 0 Å². The monoisotopic (exact) mass is 683 g/mol. The Balaban J connectivity index is 1.46. The quantitative estimate of drug-likeness (QED) is 0.0872. The summed E-state index contributed by atoms with van der Waals surface area (Å²) in [5.74, 6) is 0. The van der Waals surface area contributed by atoms with Gasteiger partial charge in [-0.1, -0.05) is 102 Å². The van der Waals surface area contributed by atoms with Crippen molar-refractivity contribution in [3.8, 4) is 0 Å². The average Bonchev–Trinajstić information content (AvgIpc) is 3.69. The summed E-state index contributed by atoms with van der Waals surface area (Å²) in [5, 5.41) is 2.62.